The lowest BCUT2D eigenvalue weighted by molar-refractivity contribution is 0.218. The molecule has 0 aliphatic rings. The number of H-pyrrole nitrogens is 1. The third kappa shape index (κ3) is 3.76. The number of aromatic nitrogens is 1. The summed E-state index contributed by atoms with van der Waals surface area (Å²) in [7, 11) is 1.92. The zero-order valence-electron chi connectivity index (χ0n) is 10.5. The van der Waals surface area contributed by atoms with Gasteiger partial charge in [-0.15, -0.1) is 0 Å². The molecule has 4 nitrogen and oxygen atoms in total. The first-order valence-corrected chi connectivity index (χ1v) is 7.48. The van der Waals surface area contributed by atoms with Gasteiger partial charge >= 0.3 is 4.87 Å². The Hall–Kier alpha value is -0.950. The van der Waals surface area contributed by atoms with Gasteiger partial charge in [0.1, 0.15) is 0 Å². The van der Waals surface area contributed by atoms with E-state index in [1.165, 1.54) is 11.3 Å². The first-order chi connectivity index (χ1) is 9.10. The van der Waals surface area contributed by atoms with Crippen LogP contribution in [0.25, 0.3) is 11.3 Å². The quantitative estimate of drug-likeness (QED) is 0.876. The topological polar surface area (TPSA) is 56.3 Å². The number of thiazole rings is 1. The predicted molar refractivity (Wildman–Crippen MR) is 81.5 cm³/mol. The molecule has 0 saturated carbocycles. The minimum Gasteiger partial charge on any atom is -0.395 e. The standard InChI is InChI=1S/C13H15BrN2O2S/c1-16(6-7-17)8-11-12(15-13(18)19-11)9-2-4-10(14)5-3-9/h2-5,17H,6-8H2,1H3,(H,15,18). The number of aromatic amines is 1. The largest absolute Gasteiger partial charge is 0.395 e. The van der Waals surface area contributed by atoms with E-state index in [9.17, 15) is 4.79 Å². The van der Waals surface area contributed by atoms with Gasteiger partial charge in [-0.25, -0.2) is 0 Å². The summed E-state index contributed by atoms with van der Waals surface area (Å²) in [6, 6.07) is 7.84. The normalized spacial score (nSPS) is 11.2. The number of hydrogen-bond acceptors (Lipinski definition) is 4. The van der Waals surface area contributed by atoms with Crippen molar-refractivity contribution in [3.05, 3.63) is 43.3 Å². The first kappa shape index (κ1) is 14.5. The third-order valence-electron chi connectivity index (χ3n) is 2.75. The summed E-state index contributed by atoms with van der Waals surface area (Å²) >= 11 is 4.62. The maximum atomic E-state index is 11.6. The van der Waals surface area contributed by atoms with Crippen LogP contribution in [0.4, 0.5) is 0 Å². The molecule has 6 heteroatoms. The zero-order valence-corrected chi connectivity index (χ0v) is 12.9. The van der Waals surface area contributed by atoms with Crippen LogP contribution < -0.4 is 4.87 Å². The van der Waals surface area contributed by atoms with E-state index in [4.69, 9.17) is 5.11 Å². The van der Waals surface area contributed by atoms with Crippen molar-refractivity contribution in [2.45, 2.75) is 6.54 Å². The summed E-state index contributed by atoms with van der Waals surface area (Å²) in [6.07, 6.45) is 0. The van der Waals surface area contributed by atoms with E-state index in [0.29, 0.717) is 13.1 Å². The van der Waals surface area contributed by atoms with Crippen LogP contribution in [0.3, 0.4) is 0 Å². The van der Waals surface area contributed by atoms with E-state index in [-0.39, 0.29) is 11.5 Å². The van der Waals surface area contributed by atoms with E-state index < -0.39 is 0 Å². The molecule has 0 aliphatic carbocycles. The van der Waals surface area contributed by atoms with E-state index in [1.807, 2.05) is 36.2 Å². The molecule has 0 radical (unpaired) electrons. The van der Waals surface area contributed by atoms with E-state index in [0.717, 1.165) is 20.6 Å². The van der Waals surface area contributed by atoms with Crippen molar-refractivity contribution in [3.8, 4) is 11.3 Å². The number of benzene rings is 1. The fourth-order valence-electron chi connectivity index (χ4n) is 1.82. The molecular formula is C13H15BrN2O2S. The number of aliphatic hydroxyl groups excluding tert-OH is 1. The number of nitrogens with one attached hydrogen (secondary N) is 1. The van der Waals surface area contributed by atoms with Crippen molar-refractivity contribution in [2.24, 2.45) is 0 Å². The Bertz CT molecular complexity index is 591. The second kappa shape index (κ2) is 6.47. The molecule has 0 aliphatic heterocycles. The van der Waals surface area contributed by atoms with Gasteiger partial charge in [0.2, 0.25) is 0 Å². The van der Waals surface area contributed by atoms with Gasteiger partial charge in [-0.1, -0.05) is 39.4 Å². The van der Waals surface area contributed by atoms with Crippen LogP contribution in [-0.4, -0.2) is 35.2 Å². The highest BCUT2D eigenvalue weighted by molar-refractivity contribution is 9.10. The van der Waals surface area contributed by atoms with Crippen LogP contribution >= 0.6 is 27.3 Å². The molecule has 0 amide bonds. The van der Waals surface area contributed by atoms with Gasteiger partial charge in [-0.05, 0) is 24.7 Å². The molecule has 0 saturated heterocycles. The maximum Gasteiger partial charge on any atom is 0.305 e. The van der Waals surface area contributed by atoms with Crippen molar-refractivity contribution < 1.29 is 5.11 Å². The van der Waals surface area contributed by atoms with Crippen LogP contribution in [0.1, 0.15) is 4.88 Å². The number of likely N-dealkylation sites (N-methyl/N-ethyl adjacent to an activating group) is 1. The third-order valence-corrected chi connectivity index (χ3v) is 4.15. The summed E-state index contributed by atoms with van der Waals surface area (Å²) in [4.78, 5) is 17.4. The highest BCUT2D eigenvalue weighted by atomic mass is 79.9. The van der Waals surface area contributed by atoms with Gasteiger partial charge in [0.05, 0.1) is 12.3 Å². The van der Waals surface area contributed by atoms with Crippen LogP contribution in [0.5, 0.6) is 0 Å². The summed E-state index contributed by atoms with van der Waals surface area (Å²) < 4.78 is 1.01. The van der Waals surface area contributed by atoms with E-state index in [2.05, 4.69) is 20.9 Å². The number of rotatable bonds is 5. The molecule has 2 N–H and O–H groups in total. The van der Waals surface area contributed by atoms with Crippen LogP contribution in [0, 0.1) is 0 Å². The van der Waals surface area contributed by atoms with Crippen molar-refractivity contribution in [2.75, 3.05) is 20.2 Å². The van der Waals surface area contributed by atoms with Crippen molar-refractivity contribution in [1.29, 1.82) is 0 Å². The highest BCUT2D eigenvalue weighted by Crippen LogP contribution is 2.25. The van der Waals surface area contributed by atoms with Crippen LogP contribution in [0.15, 0.2) is 33.5 Å². The number of aliphatic hydroxyl groups is 1. The second-order valence-corrected chi connectivity index (χ2v) is 6.26. The van der Waals surface area contributed by atoms with Gasteiger partial charge in [0, 0.05) is 22.4 Å². The highest BCUT2D eigenvalue weighted by Gasteiger charge is 2.12. The zero-order chi connectivity index (χ0) is 13.8. The summed E-state index contributed by atoms with van der Waals surface area (Å²) in [6.45, 7) is 1.35. The average Bonchev–Trinajstić information content (AvgIpc) is 2.71. The van der Waals surface area contributed by atoms with Crippen molar-refractivity contribution in [1.82, 2.24) is 9.88 Å². The summed E-state index contributed by atoms with van der Waals surface area (Å²) in [5.74, 6) is 0. The van der Waals surface area contributed by atoms with Crippen LogP contribution in [0.2, 0.25) is 0 Å². The number of nitrogens with zero attached hydrogens (tertiary/aromatic N) is 1. The molecule has 0 bridgehead atoms. The SMILES string of the molecule is CN(CCO)Cc1sc(=O)[nH]c1-c1ccc(Br)cc1. The van der Waals surface area contributed by atoms with Crippen LogP contribution in [-0.2, 0) is 6.54 Å². The lowest BCUT2D eigenvalue weighted by Gasteiger charge is -2.14. The van der Waals surface area contributed by atoms with E-state index in [1.54, 1.807) is 0 Å². The Labute approximate surface area is 123 Å². The minimum atomic E-state index is -0.0506. The average molecular weight is 343 g/mol. The second-order valence-electron chi connectivity index (χ2n) is 4.28. The fourth-order valence-corrected chi connectivity index (χ4v) is 3.01. The molecule has 2 aromatic rings. The Balaban J connectivity index is 2.30. The van der Waals surface area contributed by atoms with Gasteiger partial charge in [0.25, 0.3) is 0 Å². The molecule has 102 valence electrons. The molecule has 1 heterocycles. The van der Waals surface area contributed by atoms with Gasteiger partial charge in [0.15, 0.2) is 0 Å². The molecule has 0 fully saturated rings. The van der Waals surface area contributed by atoms with Crippen molar-refractivity contribution >= 4 is 27.3 Å². The Morgan fingerprint density at radius 3 is 2.68 bits per heavy atom. The lowest BCUT2D eigenvalue weighted by atomic mass is 10.1. The molecule has 0 unspecified atom stereocenters. The molecule has 1 aromatic carbocycles. The molecular weight excluding hydrogens is 328 g/mol. The maximum absolute atomic E-state index is 11.6. The van der Waals surface area contributed by atoms with Gasteiger partial charge in [-0.2, -0.15) is 0 Å². The Morgan fingerprint density at radius 2 is 2.05 bits per heavy atom. The van der Waals surface area contributed by atoms with E-state index >= 15 is 0 Å². The monoisotopic (exact) mass is 342 g/mol. The Morgan fingerprint density at radius 1 is 1.37 bits per heavy atom. The summed E-state index contributed by atoms with van der Waals surface area (Å²) in [5.41, 5.74) is 1.86. The minimum absolute atomic E-state index is 0.0506. The number of halogens is 1. The van der Waals surface area contributed by atoms with Crippen molar-refractivity contribution in [3.63, 3.8) is 0 Å². The van der Waals surface area contributed by atoms with Gasteiger partial charge < -0.3 is 10.1 Å². The summed E-state index contributed by atoms with van der Waals surface area (Å²) in [5, 5.41) is 8.92. The fraction of sp³-hybridized carbons (Fsp3) is 0.308. The predicted octanol–water partition coefficient (Wildman–Crippen LogP) is 2.29. The van der Waals surface area contributed by atoms with Gasteiger partial charge in [-0.3, -0.25) is 9.69 Å². The molecule has 0 spiro atoms. The molecule has 1 aromatic heterocycles. The number of hydrogen-bond donors (Lipinski definition) is 2. The smallest absolute Gasteiger partial charge is 0.305 e. The molecule has 2 rings (SSSR count). The Kier molecular flexibility index (Phi) is 4.93. The lowest BCUT2D eigenvalue weighted by Crippen LogP contribution is -2.21. The molecule has 0 atom stereocenters. The molecule has 19 heavy (non-hydrogen) atoms. The first-order valence-electron chi connectivity index (χ1n) is 5.87.